The molecule has 0 spiro atoms. The Balaban J connectivity index is 2.62. The highest BCUT2D eigenvalue weighted by molar-refractivity contribution is 5.72. The third-order valence-corrected chi connectivity index (χ3v) is 2.55. The van der Waals surface area contributed by atoms with Crippen LogP contribution in [0.3, 0.4) is 0 Å². The molecule has 0 aliphatic rings. The van der Waals surface area contributed by atoms with E-state index in [9.17, 15) is 4.79 Å². The summed E-state index contributed by atoms with van der Waals surface area (Å²) >= 11 is 0. The Hall–Kier alpha value is -1.58. The predicted octanol–water partition coefficient (Wildman–Crippen LogP) is 1.36. The molecule has 4 heteroatoms. The van der Waals surface area contributed by atoms with Gasteiger partial charge in [-0.05, 0) is 38.0 Å². The van der Waals surface area contributed by atoms with Crippen LogP contribution in [0.1, 0.15) is 31.9 Å². The molecule has 2 N–H and O–H groups in total. The standard InChI is InChI=1S/C12H19N3O/c1-9-5-7-15(12(13)8-9)10(2)4-6-14-11(3)16/h5,7-8,10,13H,4,6H2,1-3H3,(H,14,16). The maximum Gasteiger partial charge on any atom is 0.216 e. The molecule has 0 saturated carbocycles. The lowest BCUT2D eigenvalue weighted by molar-refractivity contribution is -0.118. The van der Waals surface area contributed by atoms with E-state index < -0.39 is 0 Å². The molecule has 1 aromatic heterocycles. The number of carbonyl (C=O) groups excluding carboxylic acids is 1. The molecule has 1 amide bonds. The van der Waals surface area contributed by atoms with Crippen molar-refractivity contribution in [2.75, 3.05) is 6.54 Å². The molecule has 1 aromatic rings. The van der Waals surface area contributed by atoms with Crippen molar-refractivity contribution < 1.29 is 4.79 Å². The Morgan fingerprint density at radius 1 is 1.62 bits per heavy atom. The molecular formula is C12H19N3O. The summed E-state index contributed by atoms with van der Waals surface area (Å²) in [4.78, 5) is 10.7. The summed E-state index contributed by atoms with van der Waals surface area (Å²) in [6.45, 7) is 6.19. The highest BCUT2D eigenvalue weighted by atomic mass is 16.1. The fourth-order valence-corrected chi connectivity index (χ4v) is 1.60. The number of nitrogens with one attached hydrogen (secondary N) is 2. The Morgan fingerprint density at radius 2 is 2.31 bits per heavy atom. The van der Waals surface area contributed by atoms with E-state index in [-0.39, 0.29) is 11.9 Å². The second-order valence-corrected chi connectivity index (χ2v) is 4.12. The first-order valence-electron chi connectivity index (χ1n) is 5.48. The van der Waals surface area contributed by atoms with Crippen LogP contribution in [0.15, 0.2) is 18.3 Å². The normalized spacial score (nSPS) is 12.2. The van der Waals surface area contributed by atoms with E-state index in [4.69, 9.17) is 5.41 Å². The maximum absolute atomic E-state index is 10.7. The van der Waals surface area contributed by atoms with Gasteiger partial charge in [0.05, 0.1) is 0 Å². The molecule has 1 atom stereocenters. The summed E-state index contributed by atoms with van der Waals surface area (Å²) in [5, 5.41) is 10.6. The molecule has 0 fully saturated rings. The van der Waals surface area contributed by atoms with Crippen LogP contribution in [0.4, 0.5) is 0 Å². The number of aryl methyl sites for hydroxylation is 1. The summed E-state index contributed by atoms with van der Waals surface area (Å²) in [5.74, 6) is -0.00722. The number of nitrogens with zero attached hydrogens (tertiary/aromatic N) is 1. The van der Waals surface area contributed by atoms with Crippen LogP contribution in [0.25, 0.3) is 0 Å². The Kier molecular flexibility index (Phi) is 4.28. The predicted molar refractivity (Wildman–Crippen MR) is 63.0 cm³/mol. The van der Waals surface area contributed by atoms with Crippen molar-refractivity contribution in [2.45, 2.75) is 33.2 Å². The average molecular weight is 221 g/mol. The first kappa shape index (κ1) is 12.5. The molecule has 0 aliphatic carbocycles. The van der Waals surface area contributed by atoms with Gasteiger partial charge in [-0.25, -0.2) is 0 Å². The molecule has 1 rings (SSSR count). The minimum absolute atomic E-state index is 0.00722. The fraction of sp³-hybridized carbons (Fsp3) is 0.500. The molecule has 16 heavy (non-hydrogen) atoms. The molecular weight excluding hydrogens is 202 g/mol. The molecule has 0 aromatic carbocycles. The highest BCUT2D eigenvalue weighted by Crippen LogP contribution is 2.06. The Labute approximate surface area is 95.8 Å². The van der Waals surface area contributed by atoms with E-state index in [2.05, 4.69) is 12.2 Å². The molecule has 0 saturated heterocycles. The van der Waals surface area contributed by atoms with Gasteiger partial charge in [-0.1, -0.05) is 0 Å². The van der Waals surface area contributed by atoms with Gasteiger partial charge in [-0.15, -0.1) is 0 Å². The van der Waals surface area contributed by atoms with Crippen molar-refractivity contribution in [3.63, 3.8) is 0 Å². The van der Waals surface area contributed by atoms with Crippen molar-refractivity contribution in [1.82, 2.24) is 9.88 Å². The van der Waals surface area contributed by atoms with Crippen molar-refractivity contribution in [2.24, 2.45) is 0 Å². The van der Waals surface area contributed by atoms with E-state index in [0.717, 1.165) is 12.0 Å². The number of hydrogen-bond acceptors (Lipinski definition) is 2. The number of hydrogen-bond donors (Lipinski definition) is 2. The molecule has 0 aliphatic heterocycles. The van der Waals surface area contributed by atoms with Gasteiger partial charge in [-0.2, -0.15) is 0 Å². The molecule has 0 radical (unpaired) electrons. The molecule has 88 valence electrons. The summed E-state index contributed by atoms with van der Waals surface area (Å²) in [7, 11) is 0. The smallest absolute Gasteiger partial charge is 0.216 e. The zero-order chi connectivity index (χ0) is 12.1. The van der Waals surface area contributed by atoms with Crippen molar-refractivity contribution >= 4 is 5.91 Å². The van der Waals surface area contributed by atoms with Gasteiger partial charge in [0.2, 0.25) is 5.91 Å². The Bertz CT molecular complexity index is 423. The van der Waals surface area contributed by atoms with Crippen molar-refractivity contribution in [1.29, 1.82) is 5.41 Å². The van der Waals surface area contributed by atoms with Crippen LogP contribution in [0.2, 0.25) is 0 Å². The number of carbonyl (C=O) groups is 1. The van der Waals surface area contributed by atoms with Gasteiger partial charge in [0.25, 0.3) is 0 Å². The highest BCUT2D eigenvalue weighted by Gasteiger charge is 2.04. The second kappa shape index (κ2) is 5.49. The minimum atomic E-state index is -0.00722. The van der Waals surface area contributed by atoms with E-state index in [0.29, 0.717) is 12.0 Å². The number of aromatic nitrogens is 1. The quantitative estimate of drug-likeness (QED) is 0.792. The summed E-state index contributed by atoms with van der Waals surface area (Å²) < 4.78 is 1.91. The van der Waals surface area contributed by atoms with Gasteiger partial charge in [0, 0.05) is 25.7 Å². The van der Waals surface area contributed by atoms with Gasteiger partial charge in [0.1, 0.15) is 5.49 Å². The van der Waals surface area contributed by atoms with Crippen LogP contribution in [0.5, 0.6) is 0 Å². The first-order chi connectivity index (χ1) is 7.50. The lowest BCUT2D eigenvalue weighted by Crippen LogP contribution is -2.27. The van der Waals surface area contributed by atoms with E-state index in [1.165, 1.54) is 6.92 Å². The van der Waals surface area contributed by atoms with Crippen molar-refractivity contribution in [3.8, 4) is 0 Å². The van der Waals surface area contributed by atoms with Crippen LogP contribution < -0.4 is 10.8 Å². The van der Waals surface area contributed by atoms with Gasteiger partial charge in [-0.3, -0.25) is 10.2 Å². The largest absolute Gasteiger partial charge is 0.356 e. The molecule has 1 unspecified atom stereocenters. The summed E-state index contributed by atoms with van der Waals surface area (Å²) in [6.07, 6.45) is 2.76. The third-order valence-electron chi connectivity index (χ3n) is 2.55. The number of amides is 1. The number of pyridine rings is 1. The van der Waals surface area contributed by atoms with Crippen LogP contribution in [-0.4, -0.2) is 17.0 Å². The lowest BCUT2D eigenvalue weighted by atomic mass is 10.2. The zero-order valence-electron chi connectivity index (χ0n) is 10.1. The van der Waals surface area contributed by atoms with E-state index in [1.807, 2.05) is 29.8 Å². The molecule has 0 bridgehead atoms. The van der Waals surface area contributed by atoms with E-state index in [1.54, 1.807) is 0 Å². The van der Waals surface area contributed by atoms with Crippen LogP contribution in [-0.2, 0) is 4.79 Å². The molecule has 1 heterocycles. The van der Waals surface area contributed by atoms with Crippen LogP contribution >= 0.6 is 0 Å². The zero-order valence-corrected chi connectivity index (χ0v) is 10.1. The minimum Gasteiger partial charge on any atom is -0.356 e. The van der Waals surface area contributed by atoms with Gasteiger partial charge < -0.3 is 9.88 Å². The first-order valence-corrected chi connectivity index (χ1v) is 5.48. The van der Waals surface area contributed by atoms with Gasteiger partial charge in [0.15, 0.2) is 0 Å². The fourth-order valence-electron chi connectivity index (χ4n) is 1.60. The monoisotopic (exact) mass is 221 g/mol. The SMILES string of the molecule is CC(=O)NCCC(C)n1ccc(C)cc1=N. The van der Waals surface area contributed by atoms with Crippen LogP contribution in [0, 0.1) is 12.3 Å². The summed E-state index contributed by atoms with van der Waals surface area (Å²) in [6, 6.07) is 4.06. The lowest BCUT2D eigenvalue weighted by Gasteiger charge is -2.16. The maximum atomic E-state index is 10.7. The number of rotatable bonds is 4. The van der Waals surface area contributed by atoms with E-state index >= 15 is 0 Å². The topological polar surface area (TPSA) is 57.9 Å². The molecule has 4 nitrogen and oxygen atoms in total. The summed E-state index contributed by atoms with van der Waals surface area (Å²) in [5.41, 5.74) is 1.60. The third kappa shape index (κ3) is 3.53. The van der Waals surface area contributed by atoms with Gasteiger partial charge >= 0.3 is 0 Å². The average Bonchev–Trinajstić information content (AvgIpc) is 2.16. The Morgan fingerprint density at radius 3 is 2.88 bits per heavy atom. The van der Waals surface area contributed by atoms with Crippen molar-refractivity contribution in [3.05, 3.63) is 29.4 Å². The second-order valence-electron chi connectivity index (χ2n) is 4.12.